The number of rotatable bonds is 3. The van der Waals surface area contributed by atoms with Crippen LogP contribution in [0.1, 0.15) is 29.6 Å². The smallest absolute Gasteiger partial charge is 0.258 e. The Labute approximate surface area is 106 Å². The van der Waals surface area contributed by atoms with Crippen molar-refractivity contribution in [3.8, 4) is 11.5 Å². The van der Waals surface area contributed by atoms with Gasteiger partial charge >= 0.3 is 0 Å². The van der Waals surface area contributed by atoms with Crippen LogP contribution in [0.25, 0.3) is 0 Å². The molecule has 0 saturated heterocycles. The Morgan fingerprint density at radius 1 is 1.33 bits per heavy atom. The molecule has 2 unspecified atom stereocenters. The summed E-state index contributed by atoms with van der Waals surface area (Å²) in [5.41, 5.74) is 5.83. The first kappa shape index (κ1) is 12.7. The van der Waals surface area contributed by atoms with Crippen molar-refractivity contribution < 1.29 is 15.0 Å². The number of hydrogen-bond donors (Lipinski definition) is 4. The number of benzene rings is 1. The maximum absolute atomic E-state index is 11.9. The van der Waals surface area contributed by atoms with Gasteiger partial charge in [0.15, 0.2) is 0 Å². The molecule has 1 saturated carbocycles. The zero-order valence-corrected chi connectivity index (χ0v) is 10.1. The predicted molar refractivity (Wildman–Crippen MR) is 67.4 cm³/mol. The van der Waals surface area contributed by atoms with Crippen molar-refractivity contribution in [2.24, 2.45) is 11.7 Å². The molecule has 0 spiro atoms. The SMILES string of the molecule is NC1CCCC1CNC(=O)c1c(O)cccc1O. The molecule has 2 rings (SSSR count). The van der Waals surface area contributed by atoms with Crippen molar-refractivity contribution >= 4 is 5.91 Å². The number of amides is 1. The number of aromatic hydroxyl groups is 2. The van der Waals surface area contributed by atoms with Crippen LogP contribution in [0.5, 0.6) is 11.5 Å². The minimum absolute atomic E-state index is 0.0796. The predicted octanol–water partition coefficient (Wildman–Crippen LogP) is 0.955. The largest absolute Gasteiger partial charge is 0.507 e. The highest BCUT2D eigenvalue weighted by atomic mass is 16.3. The van der Waals surface area contributed by atoms with E-state index < -0.39 is 5.91 Å². The zero-order valence-electron chi connectivity index (χ0n) is 10.1. The van der Waals surface area contributed by atoms with E-state index in [0.29, 0.717) is 6.54 Å². The second-order valence-electron chi connectivity index (χ2n) is 4.74. The van der Waals surface area contributed by atoms with Gasteiger partial charge in [-0.25, -0.2) is 0 Å². The van der Waals surface area contributed by atoms with Crippen molar-refractivity contribution in [2.45, 2.75) is 25.3 Å². The maximum atomic E-state index is 11.9. The summed E-state index contributed by atoms with van der Waals surface area (Å²) in [5.74, 6) is -0.627. The number of phenolic OH excluding ortho intramolecular Hbond substituents is 2. The van der Waals surface area contributed by atoms with Gasteiger partial charge in [-0.05, 0) is 30.9 Å². The summed E-state index contributed by atoms with van der Waals surface area (Å²) in [5, 5.41) is 21.8. The van der Waals surface area contributed by atoms with Crippen LogP contribution >= 0.6 is 0 Å². The molecule has 98 valence electrons. The van der Waals surface area contributed by atoms with E-state index in [1.807, 2.05) is 0 Å². The summed E-state index contributed by atoms with van der Waals surface area (Å²) in [6.45, 7) is 0.480. The van der Waals surface area contributed by atoms with Gasteiger partial charge in [-0.2, -0.15) is 0 Å². The molecule has 0 aromatic heterocycles. The van der Waals surface area contributed by atoms with Crippen LogP contribution in [-0.4, -0.2) is 28.7 Å². The summed E-state index contributed by atoms with van der Waals surface area (Å²) in [6.07, 6.45) is 3.08. The lowest BCUT2D eigenvalue weighted by atomic mass is 10.0. The third-order valence-electron chi connectivity index (χ3n) is 3.49. The molecule has 1 aromatic rings. The normalized spacial score (nSPS) is 22.9. The molecule has 0 heterocycles. The standard InChI is InChI=1S/C13H18N2O3/c14-9-4-1-3-8(9)7-15-13(18)12-10(16)5-2-6-11(12)17/h2,5-6,8-9,16-17H,1,3-4,7,14H2,(H,15,18). The van der Waals surface area contributed by atoms with Crippen molar-refractivity contribution in [1.29, 1.82) is 0 Å². The van der Waals surface area contributed by atoms with E-state index in [1.165, 1.54) is 18.2 Å². The van der Waals surface area contributed by atoms with Crippen LogP contribution in [-0.2, 0) is 0 Å². The first-order valence-corrected chi connectivity index (χ1v) is 6.14. The first-order chi connectivity index (χ1) is 8.59. The Balaban J connectivity index is 1.99. The summed E-state index contributed by atoms with van der Waals surface area (Å²) in [6, 6.07) is 4.35. The van der Waals surface area contributed by atoms with Gasteiger partial charge in [0, 0.05) is 12.6 Å². The van der Waals surface area contributed by atoms with E-state index in [4.69, 9.17) is 5.73 Å². The quantitative estimate of drug-likeness (QED) is 0.642. The number of carbonyl (C=O) groups excluding carboxylic acids is 1. The fraction of sp³-hybridized carbons (Fsp3) is 0.462. The Bertz CT molecular complexity index is 428. The van der Waals surface area contributed by atoms with E-state index in [2.05, 4.69) is 5.32 Å². The van der Waals surface area contributed by atoms with Gasteiger partial charge in [-0.15, -0.1) is 0 Å². The van der Waals surface area contributed by atoms with Gasteiger partial charge in [-0.1, -0.05) is 12.5 Å². The summed E-state index contributed by atoms with van der Waals surface area (Å²) in [7, 11) is 0. The van der Waals surface area contributed by atoms with E-state index in [0.717, 1.165) is 19.3 Å². The van der Waals surface area contributed by atoms with E-state index in [1.54, 1.807) is 0 Å². The molecule has 5 N–H and O–H groups in total. The zero-order chi connectivity index (χ0) is 13.1. The van der Waals surface area contributed by atoms with Crippen LogP contribution < -0.4 is 11.1 Å². The number of carbonyl (C=O) groups is 1. The molecule has 0 radical (unpaired) electrons. The third kappa shape index (κ3) is 2.56. The number of nitrogens with two attached hydrogens (primary N) is 1. The van der Waals surface area contributed by atoms with Gasteiger partial charge in [0.2, 0.25) is 0 Å². The highest BCUT2D eigenvalue weighted by molar-refractivity contribution is 5.99. The highest BCUT2D eigenvalue weighted by Crippen LogP contribution is 2.27. The summed E-state index contributed by atoms with van der Waals surface area (Å²) >= 11 is 0. The minimum Gasteiger partial charge on any atom is -0.507 e. The average Bonchev–Trinajstić information content (AvgIpc) is 2.72. The molecule has 5 nitrogen and oxygen atoms in total. The monoisotopic (exact) mass is 250 g/mol. The van der Waals surface area contributed by atoms with Gasteiger partial charge in [-0.3, -0.25) is 4.79 Å². The van der Waals surface area contributed by atoms with Crippen LogP contribution in [0.4, 0.5) is 0 Å². The summed E-state index contributed by atoms with van der Waals surface area (Å²) in [4.78, 5) is 11.9. The average molecular weight is 250 g/mol. The van der Waals surface area contributed by atoms with E-state index in [-0.39, 0.29) is 29.0 Å². The molecule has 0 bridgehead atoms. The van der Waals surface area contributed by atoms with Gasteiger partial charge in [0.25, 0.3) is 5.91 Å². The number of nitrogens with one attached hydrogen (secondary N) is 1. The van der Waals surface area contributed by atoms with Crippen LogP contribution in [0.2, 0.25) is 0 Å². The molecule has 1 amide bonds. The third-order valence-corrected chi connectivity index (χ3v) is 3.49. The first-order valence-electron chi connectivity index (χ1n) is 6.14. The Hall–Kier alpha value is -1.75. The molecule has 1 aliphatic rings. The fourth-order valence-electron chi connectivity index (χ4n) is 2.39. The van der Waals surface area contributed by atoms with E-state index in [9.17, 15) is 15.0 Å². The lowest BCUT2D eigenvalue weighted by molar-refractivity contribution is 0.0941. The molecule has 18 heavy (non-hydrogen) atoms. The van der Waals surface area contributed by atoms with Gasteiger partial charge < -0.3 is 21.3 Å². The van der Waals surface area contributed by atoms with Crippen LogP contribution in [0.3, 0.4) is 0 Å². The molecule has 1 aromatic carbocycles. The number of phenols is 2. The summed E-state index contributed by atoms with van der Waals surface area (Å²) < 4.78 is 0. The van der Waals surface area contributed by atoms with Crippen LogP contribution in [0.15, 0.2) is 18.2 Å². The van der Waals surface area contributed by atoms with Crippen molar-refractivity contribution in [2.75, 3.05) is 6.54 Å². The van der Waals surface area contributed by atoms with Crippen molar-refractivity contribution in [3.63, 3.8) is 0 Å². The Morgan fingerprint density at radius 2 is 2.00 bits per heavy atom. The highest BCUT2D eigenvalue weighted by Gasteiger charge is 2.25. The molecule has 2 atom stereocenters. The second kappa shape index (κ2) is 5.27. The molecule has 0 aliphatic heterocycles. The van der Waals surface area contributed by atoms with Crippen molar-refractivity contribution in [1.82, 2.24) is 5.32 Å². The number of hydrogen-bond acceptors (Lipinski definition) is 4. The van der Waals surface area contributed by atoms with Gasteiger partial charge in [0.1, 0.15) is 17.1 Å². The molecule has 1 fully saturated rings. The topological polar surface area (TPSA) is 95.6 Å². The maximum Gasteiger partial charge on any atom is 0.258 e. The fourth-order valence-corrected chi connectivity index (χ4v) is 2.39. The molecular weight excluding hydrogens is 232 g/mol. The molecule has 5 heteroatoms. The molecular formula is C13H18N2O3. The minimum atomic E-state index is -0.468. The van der Waals surface area contributed by atoms with Crippen LogP contribution in [0, 0.1) is 5.92 Å². The Kier molecular flexibility index (Phi) is 3.72. The second-order valence-corrected chi connectivity index (χ2v) is 4.74. The lowest BCUT2D eigenvalue weighted by Gasteiger charge is -2.16. The molecule has 1 aliphatic carbocycles. The van der Waals surface area contributed by atoms with E-state index >= 15 is 0 Å². The lowest BCUT2D eigenvalue weighted by Crippen LogP contribution is -2.36. The Morgan fingerprint density at radius 3 is 2.56 bits per heavy atom. The van der Waals surface area contributed by atoms with Crippen molar-refractivity contribution in [3.05, 3.63) is 23.8 Å². The van der Waals surface area contributed by atoms with Gasteiger partial charge in [0.05, 0.1) is 0 Å².